The van der Waals surface area contributed by atoms with Gasteiger partial charge in [-0.3, -0.25) is 9.59 Å². The molecule has 0 aliphatic carbocycles. The summed E-state index contributed by atoms with van der Waals surface area (Å²) >= 11 is 3.38. The fourth-order valence-electron chi connectivity index (χ4n) is 2.42. The highest BCUT2D eigenvalue weighted by Gasteiger charge is 2.21. The summed E-state index contributed by atoms with van der Waals surface area (Å²) in [7, 11) is 1.56. The van der Waals surface area contributed by atoms with Crippen LogP contribution in [0.1, 0.15) is 33.3 Å². The third-order valence-electron chi connectivity index (χ3n) is 3.74. The van der Waals surface area contributed by atoms with Crippen LogP contribution in [0, 0.1) is 0 Å². The highest BCUT2D eigenvalue weighted by Crippen LogP contribution is 2.20. The van der Waals surface area contributed by atoms with Gasteiger partial charge in [-0.25, -0.2) is 4.68 Å². The van der Waals surface area contributed by atoms with E-state index in [0.29, 0.717) is 11.3 Å². The maximum atomic E-state index is 12.8. The van der Waals surface area contributed by atoms with E-state index in [1.165, 1.54) is 6.92 Å². The smallest absolute Gasteiger partial charge is 0.196 e. The number of hydrogen-bond donors (Lipinski definition) is 0. The topological polar surface area (TPSA) is 61.2 Å². The van der Waals surface area contributed by atoms with Gasteiger partial charge in [0, 0.05) is 23.2 Å². The lowest BCUT2D eigenvalue weighted by Gasteiger charge is -2.02. The van der Waals surface area contributed by atoms with Crippen molar-refractivity contribution in [3.05, 3.63) is 76.0 Å². The highest BCUT2D eigenvalue weighted by molar-refractivity contribution is 9.10. The first-order chi connectivity index (χ1) is 12.0. The van der Waals surface area contributed by atoms with Crippen molar-refractivity contribution in [2.24, 2.45) is 0 Å². The van der Waals surface area contributed by atoms with Crippen molar-refractivity contribution in [2.75, 3.05) is 7.11 Å². The number of methoxy groups -OCH3 is 1. The Morgan fingerprint density at radius 1 is 1.04 bits per heavy atom. The zero-order valence-corrected chi connectivity index (χ0v) is 15.3. The van der Waals surface area contributed by atoms with Gasteiger partial charge in [0.15, 0.2) is 11.6 Å². The summed E-state index contributed by atoms with van der Waals surface area (Å²) in [5, 5.41) is 4.30. The average Bonchev–Trinajstić information content (AvgIpc) is 3.07. The molecule has 1 heterocycles. The van der Waals surface area contributed by atoms with Crippen LogP contribution in [0.25, 0.3) is 5.69 Å². The molecule has 5 nitrogen and oxygen atoms in total. The lowest BCUT2D eigenvalue weighted by atomic mass is 10.0. The number of carbonyl (C=O) groups excluding carboxylic acids is 2. The van der Waals surface area contributed by atoms with E-state index in [2.05, 4.69) is 21.0 Å². The minimum absolute atomic E-state index is 0.156. The van der Waals surface area contributed by atoms with Gasteiger partial charge >= 0.3 is 0 Å². The lowest BCUT2D eigenvalue weighted by Crippen LogP contribution is -2.06. The third kappa shape index (κ3) is 3.53. The Kier molecular flexibility index (Phi) is 4.81. The van der Waals surface area contributed by atoms with Crippen molar-refractivity contribution < 1.29 is 14.3 Å². The van der Waals surface area contributed by atoms with Crippen molar-refractivity contribution in [1.82, 2.24) is 9.78 Å². The van der Waals surface area contributed by atoms with Crippen LogP contribution in [0.2, 0.25) is 0 Å². The fraction of sp³-hybridized carbons (Fsp3) is 0.105. The van der Waals surface area contributed by atoms with E-state index in [1.807, 2.05) is 24.3 Å². The number of ketones is 2. The summed E-state index contributed by atoms with van der Waals surface area (Å²) in [6.07, 6.45) is 1.59. The zero-order chi connectivity index (χ0) is 18.0. The standard InChI is InChI=1S/C19H15BrN2O3/c1-12(23)18-17(19(24)13-3-9-16(25-2)10-4-13)11-22(21-18)15-7-5-14(20)6-8-15/h3-11H,1-2H3. The SMILES string of the molecule is COc1ccc(C(=O)c2cn(-c3ccc(Br)cc3)nc2C(C)=O)cc1. The zero-order valence-electron chi connectivity index (χ0n) is 13.7. The Morgan fingerprint density at radius 2 is 1.68 bits per heavy atom. The first-order valence-corrected chi connectivity index (χ1v) is 8.34. The van der Waals surface area contributed by atoms with Crippen molar-refractivity contribution >= 4 is 27.5 Å². The second-order valence-corrected chi connectivity index (χ2v) is 6.34. The fourth-order valence-corrected chi connectivity index (χ4v) is 2.69. The monoisotopic (exact) mass is 398 g/mol. The van der Waals surface area contributed by atoms with Gasteiger partial charge in [-0.15, -0.1) is 0 Å². The van der Waals surface area contributed by atoms with Crippen LogP contribution >= 0.6 is 15.9 Å². The second-order valence-electron chi connectivity index (χ2n) is 5.43. The van der Waals surface area contributed by atoms with Gasteiger partial charge < -0.3 is 4.74 Å². The third-order valence-corrected chi connectivity index (χ3v) is 4.26. The Balaban J connectivity index is 2.03. The second kappa shape index (κ2) is 7.03. The molecule has 0 saturated carbocycles. The van der Waals surface area contributed by atoms with Gasteiger partial charge in [0.2, 0.25) is 0 Å². The number of aromatic nitrogens is 2. The maximum absolute atomic E-state index is 12.8. The summed E-state index contributed by atoms with van der Waals surface area (Å²) in [5.74, 6) is 0.151. The molecule has 0 bridgehead atoms. The molecule has 126 valence electrons. The van der Waals surface area contributed by atoms with Crippen molar-refractivity contribution in [2.45, 2.75) is 6.92 Å². The molecule has 0 amide bonds. The van der Waals surface area contributed by atoms with Crippen LogP contribution < -0.4 is 4.74 Å². The molecule has 0 unspecified atom stereocenters. The number of carbonyl (C=O) groups is 2. The molecule has 0 aliphatic heterocycles. The predicted molar refractivity (Wildman–Crippen MR) is 97.7 cm³/mol. The van der Waals surface area contributed by atoms with Crippen LogP contribution in [-0.2, 0) is 0 Å². The van der Waals surface area contributed by atoms with Crippen molar-refractivity contribution in [3.63, 3.8) is 0 Å². The Bertz CT molecular complexity index is 928. The molecule has 2 aromatic carbocycles. The number of halogens is 1. The molecule has 0 spiro atoms. The lowest BCUT2D eigenvalue weighted by molar-refractivity contribution is 0.0987. The highest BCUT2D eigenvalue weighted by atomic mass is 79.9. The normalized spacial score (nSPS) is 10.5. The van der Waals surface area contributed by atoms with Gasteiger partial charge in [-0.2, -0.15) is 5.10 Å². The summed E-state index contributed by atoms with van der Waals surface area (Å²) in [4.78, 5) is 24.8. The summed E-state index contributed by atoms with van der Waals surface area (Å²) < 4.78 is 7.58. The number of ether oxygens (including phenoxy) is 1. The molecule has 6 heteroatoms. The van der Waals surface area contributed by atoms with Crippen LogP contribution in [0.3, 0.4) is 0 Å². The molecule has 25 heavy (non-hydrogen) atoms. The largest absolute Gasteiger partial charge is 0.497 e. The van der Waals surface area contributed by atoms with E-state index < -0.39 is 0 Å². The van der Waals surface area contributed by atoms with Crippen molar-refractivity contribution in [3.8, 4) is 11.4 Å². The van der Waals surface area contributed by atoms with Crippen molar-refractivity contribution in [1.29, 1.82) is 0 Å². The number of nitrogens with zero attached hydrogens (tertiary/aromatic N) is 2. The predicted octanol–water partition coefficient (Wildman–Crippen LogP) is 4.08. The van der Waals surface area contributed by atoms with Gasteiger partial charge in [-0.1, -0.05) is 15.9 Å². The van der Waals surface area contributed by atoms with E-state index in [0.717, 1.165) is 10.2 Å². The summed E-state index contributed by atoms with van der Waals surface area (Å²) in [6.45, 7) is 1.40. The first kappa shape index (κ1) is 17.1. The van der Waals surface area contributed by atoms with Crippen LogP contribution in [0.15, 0.2) is 59.2 Å². The molecule has 0 radical (unpaired) electrons. The molecule has 0 fully saturated rings. The number of hydrogen-bond acceptors (Lipinski definition) is 4. The first-order valence-electron chi connectivity index (χ1n) is 7.55. The Labute approximate surface area is 153 Å². The van der Waals surface area contributed by atoms with E-state index in [-0.39, 0.29) is 22.8 Å². The number of Topliss-reactive ketones (excluding diaryl/α,β-unsaturated/α-hetero) is 1. The molecule has 0 saturated heterocycles. The minimum Gasteiger partial charge on any atom is -0.497 e. The van der Waals surface area contributed by atoms with Crippen LogP contribution in [-0.4, -0.2) is 28.5 Å². The van der Waals surface area contributed by atoms with E-state index in [1.54, 1.807) is 42.3 Å². The van der Waals surface area contributed by atoms with E-state index in [4.69, 9.17) is 4.74 Å². The van der Waals surface area contributed by atoms with E-state index >= 15 is 0 Å². The minimum atomic E-state index is -0.257. The van der Waals surface area contributed by atoms with Gasteiger partial charge in [0.1, 0.15) is 11.4 Å². The molecule has 0 atom stereocenters. The number of rotatable bonds is 5. The maximum Gasteiger partial charge on any atom is 0.196 e. The molecule has 0 N–H and O–H groups in total. The molecule has 3 rings (SSSR count). The number of benzene rings is 2. The van der Waals surface area contributed by atoms with Gasteiger partial charge in [0.25, 0.3) is 0 Å². The Hall–Kier alpha value is -2.73. The van der Waals surface area contributed by atoms with E-state index in [9.17, 15) is 9.59 Å². The van der Waals surface area contributed by atoms with Gasteiger partial charge in [-0.05, 0) is 48.5 Å². The molecule has 0 aliphatic rings. The quantitative estimate of drug-likeness (QED) is 0.607. The van der Waals surface area contributed by atoms with Crippen LogP contribution in [0.5, 0.6) is 5.75 Å². The van der Waals surface area contributed by atoms with Gasteiger partial charge in [0.05, 0.1) is 18.4 Å². The molecular weight excluding hydrogens is 384 g/mol. The molecule has 1 aromatic heterocycles. The Morgan fingerprint density at radius 3 is 2.24 bits per heavy atom. The average molecular weight is 399 g/mol. The van der Waals surface area contributed by atoms with Crippen LogP contribution in [0.4, 0.5) is 0 Å². The summed E-state index contributed by atoms with van der Waals surface area (Å²) in [5.41, 5.74) is 1.67. The summed E-state index contributed by atoms with van der Waals surface area (Å²) in [6, 6.07) is 14.2. The molecule has 3 aromatic rings. The molecular formula is C19H15BrN2O3.